The van der Waals surface area contributed by atoms with Crippen LogP contribution in [0.2, 0.25) is 0 Å². The van der Waals surface area contributed by atoms with E-state index in [-0.39, 0.29) is 17.6 Å². The predicted octanol–water partition coefficient (Wildman–Crippen LogP) is -0.342. The minimum atomic E-state index is -0.186. The van der Waals surface area contributed by atoms with Crippen molar-refractivity contribution in [3.05, 3.63) is 16.3 Å². The Hall–Kier alpha value is -1.67. The van der Waals surface area contributed by atoms with Gasteiger partial charge in [-0.25, -0.2) is 9.89 Å². The van der Waals surface area contributed by atoms with E-state index in [4.69, 9.17) is 4.74 Å². The van der Waals surface area contributed by atoms with Gasteiger partial charge in [0.25, 0.3) is 0 Å². The molecule has 0 unspecified atom stereocenters. The van der Waals surface area contributed by atoms with Gasteiger partial charge < -0.3 is 10.1 Å². The van der Waals surface area contributed by atoms with Crippen LogP contribution in [-0.2, 0) is 23.0 Å². The molecule has 1 aliphatic carbocycles. The van der Waals surface area contributed by atoms with E-state index < -0.39 is 0 Å². The highest BCUT2D eigenvalue weighted by Gasteiger charge is 2.28. The lowest BCUT2D eigenvalue weighted by molar-refractivity contribution is -0.124. The zero-order valence-electron chi connectivity index (χ0n) is 14.3. The van der Waals surface area contributed by atoms with Gasteiger partial charge >= 0.3 is 5.69 Å². The van der Waals surface area contributed by atoms with E-state index >= 15 is 0 Å². The van der Waals surface area contributed by atoms with Crippen LogP contribution in [0.25, 0.3) is 0 Å². The van der Waals surface area contributed by atoms with E-state index in [1.54, 1.807) is 11.6 Å². The second kappa shape index (κ2) is 7.94. The van der Waals surface area contributed by atoms with E-state index in [1.807, 2.05) is 0 Å². The van der Waals surface area contributed by atoms with Crippen molar-refractivity contribution in [2.24, 2.45) is 13.0 Å². The monoisotopic (exact) mass is 337 g/mol. The maximum atomic E-state index is 12.4. The molecule has 1 aliphatic heterocycles. The number of carbonyl (C=O) groups excluding carboxylic acids is 1. The second-order valence-electron chi connectivity index (χ2n) is 6.82. The first kappa shape index (κ1) is 17.2. The molecular formula is C16H27N5O3. The molecule has 0 bridgehead atoms. The Kier molecular flexibility index (Phi) is 5.68. The van der Waals surface area contributed by atoms with Gasteiger partial charge in [0, 0.05) is 32.6 Å². The maximum absolute atomic E-state index is 12.4. The third kappa shape index (κ3) is 4.24. The van der Waals surface area contributed by atoms with Gasteiger partial charge in [0.2, 0.25) is 5.91 Å². The van der Waals surface area contributed by atoms with Crippen LogP contribution < -0.4 is 11.0 Å². The van der Waals surface area contributed by atoms with E-state index in [0.717, 1.165) is 44.6 Å². The maximum Gasteiger partial charge on any atom is 0.343 e. The van der Waals surface area contributed by atoms with E-state index in [0.29, 0.717) is 25.7 Å². The van der Waals surface area contributed by atoms with Gasteiger partial charge in [-0.05, 0) is 18.8 Å². The van der Waals surface area contributed by atoms with Crippen molar-refractivity contribution in [2.75, 3.05) is 32.8 Å². The molecule has 134 valence electrons. The number of carbonyl (C=O) groups is 1. The van der Waals surface area contributed by atoms with Crippen molar-refractivity contribution in [1.82, 2.24) is 25.0 Å². The highest BCUT2D eigenvalue weighted by Crippen LogP contribution is 2.27. The smallest absolute Gasteiger partial charge is 0.343 e. The molecule has 1 saturated carbocycles. The minimum absolute atomic E-state index is 0.0877. The molecule has 0 aromatic carbocycles. The molecule has 8 heteroatoms. The Morgan fingerprint density at radius 3 is 2.79 bits per heavy atom. The Balaban J connectivity index is 1.56. The largest absolute Gasteiger partial charge is 0.379 e. The van der Waals surface area contributed by atoms with Crippen molar-refractivity contribution >= 4 is 5.91 Å². The van der Waals surface area contributed by atoms with Crippen molar-refractivity contribution in [1.29, 1.82) is 0 Å². The lowest BCUT2D eigenvalue weighted by Crippen LogP contribution is -2.48. The van der Waals surface area contributed by atoms with E-state index in [2.05, 4.69) is 20.4 Å². The molecule has 1 aromatic rings. The van der Waals surface area contributed by atoms with Crippen LogP contribution in [0.1, 0.15) is 31.5 Å². The van der Waals surface area contributed by atoms with Crippen LogP contribution in [0.4, 0.5) is 0 Å². The van der Waals surface area contributed by atoms with Gasteiger partial charge in [0.05, 0.1) is 19.8 Å². The van der Waals surface area contributed by atoms with Crippen LogP contribution in [0.15, 0.2) is 4.79 Å². The van der Waals surface area contributed by atoms with E-state index in [9.17, 15) is 9.59 Å². The lowest BCUT2D eigenvalue weighted by Gasteiger charge is -2.33. The normalized spacial score (nSPS) is 25.5. The van der Waals surface area contributed by atoms with Gasteiger partial charge in [0.1, 0.15) is 5.82 Å². The highest BCUT2D eigenvalue weighted by molar-refractivity contribution is 5.78. The Morgan fingerprint density at radius 1 is 1.33 bits per heavy atom. The molecule has 2 fully saturated rings. The van der Waals surface area contributed by atoms with Gasteiger partial charge in [-0.3, -0.25) is 14.3 Å². The molecule has 2 heterocycles. The van der Waals surface area contributed by atoms with Gasteiger partial charge in [-0.15, -0.1) is 0 Å². The second-order valence-corrected chi connectivity index (χ2v) is 6.82. The first-order chi connectivity index (χ1) is 11.6. The number of hydrogen-bond donors (Lipinski definition) is 2. The summed E-state index contributed by atoms with van der Waals surface area (Å²) >= 11 is 0. The first-order valence-electron chi connectivity index (χ1n) is 8.83. The number of nitrogens with one attached hydrogen (secondary N) is 2. The number of rotatable bonds is 5. The average molecular weight is 337 g/mol. The number of morpholine rings is 1. The zero-order chi connectivity index (χ0) is 16.9. The number of aromatic amines is 1. The van der Waals surface area contributed by atoms with Gasteiger partial charge in [0.15, 0.2) is 0 Å². The van der Waals surface area contributed by atoms with Crippen LogP contribution in [-0.4, -0.2) is 64.5 Å². The quantitative estimate of drug-likeness (QED) is 0.767. The fourth-order valence-corrected chi connectivity index (χ4v) is 3.65. The molecule has 3 rings (SSSR count). The fourth-order valence-electron chi connectivity index (χ4n) is 3.65. The Bertz CT molecular complexity index is 605. The summed E-state index contributed by atoms with van der Waals surface area (Å²) < 4.78 is 6.87. The van der Waals surface area contributed by atoms with Crippen molar-refractivity contribution in [3.63, 3.8) is 0 Å². The number of amides is 1. The average Bonchev–Trinajstić information content (AvgIpc) is 2.89. The van der Waals surface area contributed by atoms with Crippen LogP contribution >= 0.6 is 0 Å². The summed E-state index contributed by atoms with van der Waals surface area (Å²) in [7, 11) is 1.73. The highest BCUT2D eigenvalue weighted by atomic mass is 16.5. The van der Waals surface area contributed by atoms with Crippen molar-refractivity contribution in [3.8, 4) is 0 Å². The summed E-state index contributed by atoms with van der Waals surface area (Å²) in [5.41, 5.74) is -0.186. The van der Waals surface area contributed by atoms with Crippen molar-refractivity contribution in [2.45, 2.75) is 38.1 Å². The minimum Gasteiger partial charge on any atom is -0.379 e. The molecule has 24 heavy (non-hydrogen) atoms. The van der Waals surface area contributed by atoms with Crippen molar-refractivity contribution < 1.29 is 9.53 Å². The molecule has 2 aliphatic rings. The zero-order valence-corrected chi connectivity index (χ0v) is 14.3. The first-order valence-corrected chi connectivity index (χ1v) is 8.83. The Morgan fingerprint density at radius 2 is 2.08 bits per heavy atom. The topological polar surface area (TPSA) is 92.2 Å². The summed E-state index contributed by atoms with van der Waals surface area (Å²) in [5, 5.41) is 9.81. The molecule has 2 N–H and O–H groups in total. The number of H-pyrrole nitrogens is 1. The van der Waals surface area contributed by atoms with E-state index in [1.165, 1.54) is 6.42 Å². The number of nitrogens with zero attached hydrogens (tertiary/aromatic N) is 3. The summed E-state index contributed by atoms with van der Waals surface area (Å²) in [6.07, 6.45) is 5.08. The third-order valence-corrected chi connectivity index (χ3v) is 5.14. The molecule has 0 spiro atoms. The van der Waals surface area contributed by atoms with Crippen LogP contribution in [0.5, 0.6) is 0 Å². The molecule has 1 amide bonds. The number of ether oxygens (including phenoxy) is 1. The summed E-state index contributed by atoms with van der Waals surface area (Å²) in [6.45, 7) is 3.47. The summed E-state index contributed by atoms with van der Waals surface area (Å²) in [4.78, 5) is 26.0. The molecule has 2 atom stereocenters. The van der Waals surface area contributed by atoms with Crippen LogP contribution in [0, 0.1) is 5.92 Å². The third-order valence-electron chi connectivity index (χ3n) is 5.14. The number of hydrogen-bond acceptors (Lipinski definition) is 5. The molecular weight excluding hydrogens is 310 g/mol. The van der Waals surface area contributed by atoms with Crippen LogP contribution in [0.3, 0.4) is 0 Å². The summed E-state index contributed by atoms with van der Waals surface area (Å²) in [6, 6.07) is 0.166. The molecule has 1 aromatic heterocycles. The standard InChI is InChI=1S/C16H27N5O3/c1-20-14(18-19-16(20)23)10-12-4-2-3-5-13(12)17-15(22)11-21-6-8-24-9-7-21/h12-13H,2-11H2,1H3,(H,17,22)(H,19,23)/t12-,13-/m1/s1. The molecule has 1 saturated heterocycles. The summed E-state index contributed by atoms with van der Waals surface area (Å²) in [5.74, 6) is 1.19. The fraction of sp³-hybridized carbons (Fsp3) is 0.812. The number of aromatic nitrogens is 3. The lowest BCUT2D eigenvalue weighted by atomic mass is 9.82. The SMILES string of the molecule is Cn1c(C[C@H]2CCCC[C@H]2NC(=O)CN2CCOCC2)n[nH]c1=O. The van der Waals surface area contributed by atoms with Gasteiger partial charge in [-0.2, -0.15) is 5.10 Å². The molecule has 0 radical (unpaired) electrons. The Labute approximate surface area is 141 Å². The predicted molar refractivity (Wildman–Crippen MR) is 88.7 cm³/mol. The van der Waals surface area contributed by atoms with Gasteiger partial charge in [-0.1, -0.05) is 12.8 Å². The molecule has 8 nitrogen and oxygen atoms in total.